The Labute approximate surface area is 179 Å². The molecule has 1 amide bonds. The zero-order chi connectivity index (χ0) is 22.6. The number of nitrogens with zero attached hydrogens (tertiary/aromatic N) is 4. The van der Waals surface area contributed by atoms with E-state index in [0.29, 0.717) is 24.5 Å². The molecule has 0 radical (unpaired) electrons. The summed E-state index contributed by atoms with van der Waals surface area (Å²) in [5.74, 6) is -0.728. The van der Waals surface area contributed by atoms with Gasteiger partial charge < -0.3 is 10.5 Å². The van der Waals surface area contributed by atoms with E-state index in [4.69, 9.17) is 10.5 Å². The third kappa shape index (κ3) is 4.93. The molecule has 0 aliphatic carbocycles. The minimum absolute atomic E-state index is 0.0121. The van der Waals surface area contributed by atoms with Gasteiger partial charge in [-0.25, -0.2) is 19.4 Å². The number of ether oxygens (including phenoxy) is 1. The molecule has 0 bridgehead atoms. The molecule has 1 atom stereocenters. The number of carbonyl (C=O) groups is 2. The summed E-state index contributed by atoms with van der Waals surface area (Å²) in [7, 11) is 1.52. The molecule has 2 heterocycles. The lowest BCUT2D eigenvalue weighted by Gasteiger charge is -2.34. The van der Waals surface area contributed by atoms with E-state index < -0.39 is 11.4 Å². The monoisotopic (exact) mass is 425 g/mol. The van der Waals surface area contributed by atoms with Crippen molar-refractivity contribution in [1.29, 1.82) is 0 Å². The van der Waals surface area contributed by atoms with Crippen molar-refractivity contribution in [2.24, 2.45) is 10.7 Å². The van der Waals surface area contributed by atoms with Crippen LogP contribution in [0.4, 0.5) is 4.39 Å². The Morgan fingerprint density at radius 3 is 2.81 bits per heavy atom. The number of hydrogen-bond donors (Lipinski definition) is 1. The van der Waals surface area contributed by atoms with E-state index in [9.17, 15) is 14.0 Å². The molecule has 2 N–H and O–H groups in total. The molecular formula is C22H24FN5O3. The Morgan fingerprint density at radius 1 is 1.39 bits per heavy atom. The number of ketones is 1. The molecule has 1 unspecified atom stereocenters. The molecule has 1 aliphatic heterocycles. The third-order valence-electron chi connectivity index (χ3n) is 5.04. The van der Waals surface area contributed by atoms with Crippen LogP contribution < -0.4 is 10.5 Å². The third-order valence-corrected chi connectivity index (χ3v) is 5.04. The van der Waals surface area contributed by atoms with Crippen molar-refractivity contribution in [3.05, 3.63) is 65.9 Å². The van der Waals surface area contributed by atoms with Crippen LogP contribution in [0.2, 0.25) is 0 Å². The van der Waals surface area contributed by atoms with Gasteiger partial charge in [-0.05, 0) is 31.0 Å². The van der Waals surface area contributed by atoms with Gasteiger partial charge in [0.05, 0.1) is 31.0 Å². The zero-order valence-electron chi connectivity index (χ0n) is 17.5. The Kier molecular flexibility index (Phi) is 6.43. The molecule has 9 heteroatoms. The van der Waals surface area contributed by atoms with E-state index >= 15 is 0 Å². The van der Waals surface area contributed by atoms with Crippen LogP contribution in [0.15, 0.2) is 48.2 Å². The van der Waals surface area contributed by atoms with Gasteiger partial charge in [-0.15, -0.1) is 6.58 Å². The maximum absolute atomic E-state index is 14.6. The largest absolute Gasteiger partial charge is 0.476 e. The van der Waals surface area contributed by atoms with Gasteiger partial charge in [0.15, 0.2) is 11.7 Å². The molecule has 0 saturated heterocycles. The average Bonchev–Trinajstić information content (AvgIpc) is 2.74. The molecule has 0 saturated carbocycles. The number of aromatic nitrogens is 2. The topological polar surface area (TPSA) is 111 Å². The first-order valence-corrected chi connectivity index (χ1v) is 9.73. The van der Waals surface area contributed by atoms with Crippen LogP contribution in [0.5, 0.6) is 5.88 Å². The standard InChI is InChI=1S/C22H24FN5O3/c1-4-5-8-31-19-13-25-17(12-26-19)18(29)10-14-6-7-16(23)15(9-14)22(2)11-20(30)28(3)21(24)27-22/h4,6-7,9,12-13H,1,5,8,10-11H2,2-3H3,(H2,24,27). The molecule has 3 rings (SSSR count). The van der Waals surface area contributed by atoms with Crippen molar-refractivity contribution in [1.82, 2.24) is 14.9 Å². The number of guanidine groups is 1. The first-order chi connectivity index (χ1) is 14.7. The van der Waals surface area contributed by atoms with Crippen molar-refractivity contribution in [3.8, 4) is 5.88 Å². The fraction of sp³-hybridized carbons (Fsp3) is 0.318. The number of carbonyl (C=O) groups excluding carboxylic acids is 2. The smallest absolute Gasteiger partial charge is 0.232 e. The Bertz CT molecular complexity index is 1040. The number of rotatable bonds is 8. The molecular weight excluding hydrogens is 401 g/mol. The maximum atomic E-state index is 14.6. The van der Waals surface area contributed by atoms with Gasteiger partial charge in [0, 0.05) is 19.0 Å². The molecule has 2 aromatic rings. The van der Waals surface area contributed by atoms with E-state index in [2.05, 4.69) is 21.5 Å². The van der Waals surface area contributed by atoms with Crippen LogP contribution >= 0.6 is 0 Å². The van der Waals surface area contributed by atoms with Crippen molar-refractivity contribution in [2.75, 3.05) is 13.7 Å². The van der Waals surface area contributed by atoms with Crippen LogP contribution in [0.25, 0.3) is 0 Å². The summed E-state index contributed by atoms with van der Waals surface area (Å²) in [5, 5.41) is 0. The Hall–Kier alpha value is -3.62. The predicted octanol–water partition coefficient (Wildman–Crippen LogP) is 2.39. The molecule has 0 fully saturated rings. The highest BCUT2D eigenvalue weighted by molar-refractivity contribution is 5.99. The van der Waals surface area contributed by atoms with Crippen molar-refractivity contribution < 1.29 is 18.7 Å². The van der Waals surface area contributed by atoms with Crippen molar-refractivity contribution in [2.45, 2.75) is 31.7 Å². The molecule has 8 nitrogen and oxygen atoms in total. The lowest BCUT2D eigenvalue weighted by atomic mass is 9.85. The van der Waals surface area contributed by atoms with Crippen LogP contribution in [-0.2, 0) is 16.8 Å². The molecule has 31 heavy (non-hydrogen) atoms. The number of hydrogen-bond acceptors (Lipinski definition) is 7. The summed E-state index contributed by atoms with van der Waals surface area (Å²) >= 11 is 0. The second kappa shape index (κ2) is 9.03. The Balaban J connectivity index is 1.78. The van der Waals surface area contributed by atoms with Gasteiger partial charge in [0.25, 0.3) is 0 Å². The van der Waals surface area contributed by atoms with Crippen LogP contribution in [0.3, 0.4) is 0 Å². The van der Waals surface area contributed by atoms with Crippen LogP contribution in [0, 0.1) is 5.82 Å². The summed E-state index contributed by atoms with van der Waals surface area (Å²) in [6, 6.07) is 4.33. The highest BCUT2D eigenvalue weighted by Gasteiger charge is 2.38. The summed E-state index contributed by atoms with van der Waals surface area (Å²) in [6.07, 6.45) is 5.09. The predicted molar refractivity (Wildman–Crippen MR) is 113 cm³/mol. The highest BCUT2D eigenvalue weighted by Crippen LogP contribution is 2.35. The number of aliphatic imine (C=N–C) groups is 1. The van der Waals surface area contributed by atoms with Crippen LogP contribution in [-0.4, -0.2) is 46.2 Å². The average molecular weight is 425 g/mol. The van der Waals surface area contributed by atoms with Gasteiger partial charge in [0.1, 0.15) is 11.5 Å². The summed E-state index contributed by atoms with van der Waals surface area (Å²) < 4.78 is 20.0. The first kappa shape index (κ1) is 22.1. The SMILES string of the molecule is C=CCCOc1cnc(C(=O)Cc2ccc(F)c(C3(C)CC(=O)N(C)C(N)=N3)c2)cn1. The van der Waals surface area contributed by atoms with Gasteiger partial charge >= 0.3 is 0 Å². The fourth-order valence-corrected chi connectivity index (χ4v) is 3.22. The summed E-state index contributed by atoms with van der Waals surface area (Å²) in [4.78, 5) is 38.6. The lowest BCUT2D eigenvalue weighted by molar-refractivity contribution is -0.128. The Morgan fingerprint density at radius 2 is 2.16 bits per heavy atom. The van der Waals surface area contributed by atoms with Crippen LogP contribution in [0.1, 0.15) is 41.4 Å². The fourth-order valence-electron chi connectivity index (χ4n) is 3.22. The first-order valence-electron chi connectivity index (χ1n) is 9.73. The summed E-state index contributed by atoms with van der Waals surface area (Å²) in [6.45, 7) is 5.68. The maximum Gasteiger partial charge on any atom is 0.232 e. The van der Waals surface area contributed by atoms with E-state index in [1.165, 1.54) is 36.5 Å². The van der Waals surface area contributed by atoms with E-state index in [0.717, 1.165) is 0 Å². The quantitative estimate of drug-likeness (QED) is 0.395. The van der Waals surface area contributed by atoms with Crippen molar-refractivity contribution in [3.63, 3.8) is 0 Å². The number of benzene rings is 1. The second-order valence-electron chi connectivity index (χ2n) is 7.45. The van der Waals surface area contributed by atoms with Crippen molar-refractivity contribution >= 4 is 17.6 Å². The van der Waals surface area contributed by atoms with Gasteiger partial charge in [0.2, 0.25) is 11.8 Å². The number of Topliss-reactive ketones (excluding diaryl/α,β-unsaturated/α-hetero) is 1. The minimum Gasteiger partial charge on any atom is -0.476 e. The van der Waals surface area contributed by atoms with Gasteiger partial charge in [-0.2, -0.15) is 0 Å². The molecule has 0 spiro atoms. The van der Waals surface area contributed by atoms with E-state index in [1.807, 2.05) is 0 Å². The number of nitrogens with two attached hydrogens (primary N) is 1. The normalized spacial score (nSPS) is 18.5. The van der Waals surface area contributed by atoms with E-state index in [-0.39, 0.29) is 41.7 Å². The molecule has 1 aromatic heterocycles. The molecule has 1 aromatic carbocycles. The molecule has 1 aliphatic rings. The summed E-state index contributed by atoms with van der Waals surface area (Å²) in [5.41, 5.74) is 5.62. The number of amides is 1. The number of halogens is 1. The highest BCUT2D eigenvalue weighted by atomic mass is 19.1. The molecule has 162 valence electrons. The van der Waals surface area contributed by atoms with Gasteiger partial charge in [-0.3, -0.25) is 14.5 Å². The zero-order valence-corrected chi connectivity index (χ0v) is 17.5. The minimum atomic E-state index is -1.15. The van der Waals surface area contributed by atoms with Gasteiger partial charge in [-0.1, -0.05) is 12.1 Å². The second-order valence-corrected chi connectivity index (χ2v) is 7.45. The van der Waals surface area contributed by atoms with E-state index in [1.54, 1.807) is 19.1 Å². The lowest BCUT2D eigenvalue weighted by Crippen LogP contribution is -2.47.